The normalized spacial score (nSPS) is 13.6. The van der Waals surface area contributed by atoms with Gasteiger partial charge in [0.1, 0.15) is 0 Å². The second kappa shape index (κ2) is 7.03. The summed E-state index contributed by atoms with van der Waals surface area (Å²) in [4.78, 5) is -0.0525. The smallest absolute Gasteiger partial charge is 0.177 e. The Morgan fingerprint density at radius 1 is 1.12 bits per heavy atom. The van der Waals surface area contributed by atoms with Crippen LogP contribution in [0.3, 0.4) is 0 Å². The van der Waals surface area contributed by atoms with E-state index >= 15 is 0 Å². The van der Waals surface area contributed by atoms with Crippen LogP contribution in [-0.4, -0.2) is 39.1 Å². The first-order valence-electron chi connectivity index (χ1n) is 8.17. The molecular weight excluding hydrogens is 374 g/mol. The monoisotopic (exact) mass is 399 g/mol. The van der Waals surface area contributed by atoms with E-state index in [-0.39, 0.29) is 15.8 Å². The molecule has 0 fully saturated rings. The quantitative estimate of drug-likeness (QED) is 0.801. The van der Waals surface area contributed by atoms with E-state index in [0.717, 1.165) is 29.5 Å². The Balaban J connectivity index is 2.57. The molecule has 0 spiro atoms. The lowest BCUT2D eigenvalue weighted by molar-refractivity contribution is 0.600. The van der Waals surface area contributed by atoms with Gasteiger partial charge in [-0.2, -0.15) is 5.10 Å². The van der Waals surface area contributed by atoms with Crippen LogP contribution < -0.4 is 5.32 Å². The average molecular weight is 400 g/mol. The Hall–Kier alpha value is -1.87. The van der Waals surface area contributed by atoms with Crippen LogP contribution in [0.15, 0.2) is 28.0 Å². The van der Waals surface area contributed by atoms with Gasteiger partial charge >= 0.3 is 0 Å². The van der Waals surface area contributed by atoms with Crippen molar-refractivity contribution in [2.45, 2.75) is 43.0 Å². The van der Waals surface area contributed by atoms with Gasteiger partial charge in [0.2, 0.25) is 0 Å². The van der Waals surface area contributed by atoms with E-state index in [9.17, 15) is 16.8 Å². The van der Waals surface area contributed by atoms with Crippen molar-refractivity contribution in [2.75, 3.05) is 17.8 Å². The largest absolute Gasteiger partial charge is 0.377 e. The molecule has 1 heterocycles. The van der Waals surface area contributed by atoms with Crippen LogP contribution in [0.2, 0.25) is 0 Å². The van der Waals surface area contributed by atoms with Crippen LogP contribution in [0.1, 0.15) is 36.3 Å². The molecule has 1 aromatic carbocycles. The van der Waals surface area contributed by atoms with Gasteiger partial charge < -0.3 is 5.32 Å². The third kappa shape index (κ3) is 4.09. The van der Waals surface area contributed by atoms with Crippen molar-refractivity contribution in [3.8, 4) is 0 Å². The fraction of sp³-hybridized carbons (Fsp3) is 0.471. The molecule has 0 aliphatic heterocycles. The molecule has 0 amide bonds. The number of aryl methyl sites for hydroxylation is 2. The number of hydrogen-bond donors (Lipinski definition) is 1. The van der Waals surface area contributed by atoms with E-state index in [0.29, 0.717) is 12.1 Å². The molecule has 7 nitrogen and oxygen atoms in total. The molecule has 0 aliphatic rings. The summed E-state index contributed by atoms with van der Waals surface area (Å²) in [7, 11) is -5.26. The highest BCUT2D eigenvalue weighted by Gasteiger charge is 2.23. The first kappa shape index (κ1) is 20.4. The van der Waals surface area contributed by atoms with E-state index in [4.69, 9.17) is 0 Å². The van der Waals surface area contributed by atoms with Crippen LogP contribution in [0, 0.1) is 13.8 Å². The minimum Gasteiger partial charge on any atom is -0.377 e. The summed E-state index contributed by atoms with van der Waals surface area (Å²) >= 11 is 0. The van der Waals surface area contributed by atoms with Crippen molar-refractivity contribution in [3.05, 3.63) is 35.2 Å². The third-order valence-electron chi connectivity index (χ3n) is 4.43. The van der Waals surface area contributed by atoms with Crippen molar-refractivity contribution in [1.82, 2.24) is 9.78 Å². The highest BCUT2D eigenvalue weighted by atomic mass is 32.2. The Kier molecular flexibility index (Phi) is 5.53. The van der Waals surface area contributed by atoms with Crippen LogP contribution in [0.5, 0.6) is 0 Å². The van der Waals surface area contributed by atoms with E-state index < -0.39 is 19.7 Å². The topological polar surface area (TPSA) is 98.1 Å². The zero-order valence-corrected chi connectivity index (χ0v) is 17.5. The number of anilines is 1. The van der Waals surface area contributed by atoms with Gasteiger partial charge in [-0.1, -0.05) is 6.92 Å². The van der Waals surface area contributed by atoms with Crippen LogP contribution in [-0.2, 0) is 26.7 Å². The molecule has 2 aromatic rings. The molecule has 0 bridgehead atoms. The fourth-order valence-corrected chi connectivity index (χ4v) is 4.61. The first-order chi connectivity index (χ1) is 11.9. The first-order valence-corrected chi connectivity index (χ1v) is 11.9. The molecule has 0 radical (unpaired) electrons. The molecular formula is C17H25N3O4S2. The summed E-state index contributed by atoms with van der Waals surface area (Å²) in [5, 5.41) is 7.68. The van der Waals surface area contributed by atoms with Crippen LogP contribution in [0.4, 0.5) is 5.69 Å². The second-order valence-electron chi connectivity index (χ2n) is 6.52. The van der Waals surface area contributed by atoms with Crippen molar-refractivity contribution >= 4 is 25.4 Å². The van der Waals surface area contributed by atoms with E-state index in [1.807, 2.05) is 27.8 Å². The summed E-state index contributed by atoms with van der Waals surface area (Å²) in [5.74, 6) is 0. The Morgan fingerprint density at radius 3 is 2.15 bits per heavy atom. The summed E-state index contributed by atoms with van der Waals surface area (Å²) < 4.78 is 49.8. The lowest BCUT2D eigenvalue weighted by atomic mass is 10.0. The standard InChI is InChI=1S/C17H25N3O4S2/c1-7-14(17-11(2)19-20(4)12(17)3)18-15-9-8-13(25(5,21)22)10-16(15)26(6,23)24/h8-10,14,18H,7H2,1-6H3. The summed E-state index contributed by atoms with van der Waals surface area (Å²) in [6, 6.07) is 3.99. The molecule has 144 valence electrons. The van der Waals surface area contributed by atoms with Gasteiger partial charge in [0.25, 0.3) is 0 Å². The van der Waals surface area contributed by atoms with Crippen LogP contribution >= 0.6 is 0 Å². The number of nitrogens with one attached hydrogen (secondary N) is 1. The molecule has 0 aliphatic carbocycles. The number of aromatic nitrogens is 2. The van der Waals surface area contributed by atoms with Gasteiger partial charge in [0, 0.05) is 30.8 Å². The maximum absolute atomic E-state index is 12.2. The Morgan fingerprint density at radius 2 is 1.73 bits per heavy atom. The molecule has 26 heavy (non-hydrogen) atoms. The van der Waals surface area contributed by atoms with Crippen molar-refractivity contribution in [1.29, 1.82) is 0 Å². The fourth-order valence-electron chi connectivity index (χ4n) is 3.02. The lowest BCUT2D eigenvalue weighted by Gasteiger charge is -2.21. The van der Waals surface area contributed by atoms with E-state index in [1.165, 1.54) is 18.2 Å². The molecule has 1 unspecified atom stereocenters. The third-order valence-corrected chi connectivity index (χ3v) is 6.68. The van der Waals surface area contributed by atoms with E-state index in [1.54, 1.807) is 4.68 Å². The maximum Gasteiger partial charge on any atom is 0.177 e. The molecule has 2 rings (SSSR count). The Bertz CT molecular complexity index is 1040. The molecule has 0 saturated carbocycles. The number of rotatable bonds is 6. The molecule has 1 aromatic heterocycles. The van der Waals surface area contributed by atoms with Gasteiger partial charge in [-0.25, -0.2) is 16.8 Å². The van der Waals surface area contributed by atoms with Crippen molar-refractivity contribution in [3.63, 3.8) is 0 Å². The maximum atomic E-state index is 12.2. The molecule has 0 saturated heterocycles. The molecule has 1 N–H and O–H groups in total. The highest BCUT2D eigenvalue weighted by molar-refractivity contribution is 7.91. The summed E-state index contributed by atoms with van der Waals surface area (Å²) in [6.07, 6.45) is 2.84. The van der Waals surface area contributed by atoms with Crippen molar-refractivity contribution < 1.29 is 16.8 Å². The van der Waals surface area contributed by atoms with Gasteiger partial charge in [0.05, 0.1) is 27.2 Å². The predicted molar refractivity (Wildman–Crippen MR) is 102 cm³/mol. The van der Waals surface area contributed by atoms with E-state index in [2.05, 4.69) is 10.4 Å². The predicted octanol–water partition coefficient (Wildman–Crippen LogP) is 2.41. The number of hydrogen-bond acceptors (Lipinski definition) is 6. The van der Waals surface area contributed by atoms with Crippen LogP contribution in [0.25, 0.3) is 0 Å². The lowest BCUT2D eigenvalue weighted by Crippen LogP contribution is -2.15. The second-order valence-corrected chi connectivity index (χ2v) is 10.5. The minimum atomic E-state index is -3.62. The van der Waals surface area contributed by atoms with Gasteiger partial charge in [-0.15, -0.1) is 0 Å². The number of benzene rings is 1. The van der Waals surface area contributed by atoms with Gasteiger partial charge in [-0.3, -0.25) is 4.68 Å². The number of nitrogens with zero attached hydrogens (tertiary/aromatic N) is 2. The minimum absolute atomic E-state index is 0.0229. The van der Waals surface area contributed by atoms with Crippen molar-refractivity contribution in [2.24, 2.45) is 7.05 Å². The Labute approximate surface area is 155 Å². The highest BCUT2D eigenvalue weighted by Crippen LogP contribution is 2.32. The SMILES string of the molecule is CCC(Nc1ccc(S(C)(=O)=O)cc1S(C)(=O)=O)c1c(C)nn(C)c1C. The summed E-state index contributed by atoms with van der Waals surface area (Å²) in [6.45, 7) is 5.87. The molecule has 9 heteroatoms. The number of sulfone groups is 2. The zero-order valence-electron chi connectivity index (χ0n) is 15.9. The van der Waals surface area contributed by atoms with Gasteiger partial charge in [-0.05, 0) is 38.5 Å². The van der Waals surface area contributed by atoms with Gasteiger partial charge in [0.15, 0.2) is 19.7 Å². The average Bonchev–Trinajstić information content (AvgIpc) is 2.76. The summed E-state index contributed by atoms with van der Waals surface area (Å²) in [5.41, 5.74) is 3.27. The molecule has 1 atom stereocenters. The zero-order chi connectivity index (χ0) is 19.9.